The Balaban J connectivity index is 1.82. The maximum Gasteiger partial charge on any atom is 0.329 e. The summed E-state index contributed by atoms with van der Waals surface area (Å²) in [5, 5.41) is 4.19. The van der Waals surface area contributed by atoms with Crippen molar-refractivity contribution in [3.8, 4) is 0 Å². The van der Waals surface area contributed by atoms with Gasteiger partial charge >= 0.3 is 5.97 Å². The quantitative estimate of drug-likeness (QED) is 0.683. The van der Waals surface area contributed by atoms with Gasteiger partial charge in [-0.1, -0.05) is 51.3 Å². The summed E-state index contributed by atoms with van der Waals surface area (Å²) in [5.74, 6) is -0.288. The van der Waals surface area contributed by atoms with Crippen LogP contribution in [0.4, 0.5) is 5.69 Å². The second kappa shape index (κ2) is 6.34. The Morgan fingerprint density at radius 1 is 1.22 bits per heavy atom. The van der Waals surface area contributed by atoms with Gasteiger partial charge in [-0.2, -0.15) is 0 Å². The topological polar surface area (TPSA) is 38.3 Å². The zero-order valence-corrected chi connectivity index (χ0v) is 15.4. The fourth-order valence-corrected chi connectivity index (χ4v) is 3.68. The Kier molecular flexibility index (Phi) is 4.59. The summed E-state index contributed by atoms with van der Waals surface area (Å²) in [5.41, 5.74) is 0.984. The van der Waals surface area contributed by atoms with E-state index in [1.807, 2.05) is 31.2 Å². The first kappa shape index (κ1) is 16.6. The van der Waals surface area contributed by atoms with Gasteiger partial charge in [-0.15, -0.1) is 0 Å². The van der Waals surface area contributed by atoms with Crippen LogP contribution in [0, 0.1) is 0 Å². The summed E-state index contributed by atoms with van der Waals surface area (Å²) >= 11 is 15.4. The van der Waals surface area contributed by atoms with Crippen molar-refractivity contribution in [2.45, 2.75) is 25.0 Å². The van der Waals surface area contributed by atoms with Gasteiger partial charge in [0.1, 0.15) is 11.6 Å². The summed E-state index contributed by atoms with van der Waals surface area (Å²) < 4.78 is 6.60. The Morgan fingerprint density at radius 3 is 2.57 bits per heavy atom. The normalized spacial score (nSPS) is 23.7. The fraction of sp³-hybridized carbons (Fsp3) is 0.235. The van der Waals surface area contributed by atoms with Crippen LogP contribution in [0.25, 0.3) is 0 Å². The Morgan fingerprint density at radius 2 is 1.91 bits per heavy atom. The van der Waals surface area contributed by atoms with Crippen molar-refractivity contribution in [1.82, 2.24) is 0 Å². The molecular formula is C17H14BrCl2NO2. The van der Waals surface area contributed by atoms with E-state index in [4.69, 9.17) is 27.9 Å². The minimum Gasteiger partial charge on any atom is -0.453 e. The highest BCUT2D eigenvalue weighted by molar-refractivity contribution is 9.10. The van der Waals surface area contributed by atoms with Crippen LogP contribution in [0.15, 0.2) is 46.9 Å². The third kappa shape index (κ3) is 3.65. The van der Waals surface area contributed by atoms with Gasteiger partial charge in [0.25, 0.3) is 0 Å². The van der Waals surface area contributed by atoms with Crippen LogP contribution in [0.5, 0.6) is 0 Å². The third-order valence-corrected chi connectivity index (χ3v) is 4.77. The SMILES string of the molecule is CC1(c2cccc(Br)c2)CC(Nc2cc(Cl)cc(Cl)c2)C(=O)O1. The monoisotopic (exact) mass is 413 g/mol. The number of esters is 1. The molecule has 6 heteroatoms. The van der Waals surface area contributed by atoms with Gasteiger partial charge in [0.15, 0.2) is 0 Å². The number of benzene rings is 2. The van der Waals surface area contributed by atoms with E-state index in [9.17, 15) is 4.79 Å². The lowest BCUT2D eigenvalue weighted by Gasteiger charge is -2.23. The molecule has 1 heterocycles. The van der Waals surface area contributed by atoms with Gasteiger partial charge in [-0.3, -0.25) is 0 Å². The molecule has 0 bridgehead atoms. The lowest BCUT2D eigenvalue weighted by atomic mass is 9.91. The lowest BCUT2D eigenvalue weighted by Crippen LogP contribution is -2.25. The zero-order chi connectivity index (χ0) is 16.6. The number of carbonyl (C=O) groups is 1. The Labute approximate surface area is 153 Å². The van der Waals surface area contributed by atoms with Gasteiger partial charge < -0.3 is 10.1 Å². The van der Waals surface area contributed by atoms with Gasteiger partial charge in [0, 0.05) is 26.6 Å². The lowest BCUT2D eigenvalue weighted by molar-refractivity contribution is -0.148. The van der Waals surface area contributed by atoms with E-state index in [2.05, 4.69) is 21.2 Å². The molecule has 0 aliphatic carbocycles. The van der Waals surface area contributed by atoms with E-state index < -0.39 is 11.6 Å². The van der Waals surface area contributed by atoms with Crippen LogP contribution in [-0.4, -0.2) is 12.0 Å². The predicted molar refractivity (Wildman–Crippen MR) is 96.1 cm³/mol. The Hall–Kier alpha value is -1.23. The highest BCUT2D eigenvalue weighted by Crippen LogP contribution is 2.38. The molecule has 1 aliphatic rings. The molecule has 3 nitrogen and oxygen atoms in total. The molecule has 0 saturated carbocycles. The number of cyclic esters (lactones) is 1. The number of nitrogens with one attached hydrogen (secondary N) is 1. The van der Waals surface area contributed by atoms with Crippen LogP contribution < -0.4 is 5.32 Å². The first-order valence-corrected chi connectivity index (χ1v) is 8.62. The standard InChI is InChI=1S/C17H14BrCl2NO2/c1-17(10-3-2-4-11(18)5-10)9-15(16(22)23-17)21-14-7-12(19)6-13(20)8-14/h2-8,15,21H,9H2,1H3. The highest BCUT2D eigenvalue weighted by atomic mass is 79.9. The maximum atomic E-state index is 12.3. The van der Waals surface area contributed by atoms with Crippen molar-refractivity contribution < 1.29 is 9.53 Å². The van der Waals surface area contributed by atoms with Crippen molar-refractivity contribution in [3.05, 3.63) is 62.5 Å². The Bertz CT molecular complexity index is 748. The van der Waals surface area contributed by atoms with Gasteiger partial charge in [0.05, 0.1) is 0 Å². The zero-order valence-electron chi connectivity index (χ0n) is 12.3. The molecule has 1 fully saturated rings. The highest BCUT2D eigenvalue weighted by Gasteiger charge is 2.44. The number of hydrogen-bond donors (Lipinski definition) is 1. The smallest absolute Gasteiger partial charge is 0.329 e. The summed E-state index contributed by atoms with van der Waals surface area (Å²) in [6.45, 7) is 1.92. The van der Waals surface area contributed by atoms with E-state index in [1.165, 1.54) is 0 Å². The first-order chi connectivity index (χ1) is 10.9. The first-order valence-electron chi connectivity index (χ1n) is 7.07. The molecular weight excluding hydrogens is 401 g/mol. The molecule has 2 aromatic rings. The fourth-order valence-electron chi connectivity index (χ4n) is 2.75. The van der Waals surface area contributed by atoms with Crippen LogP contribution in [0.2, 0.25) is 10.0 Å². The number of carbonyl (C=O) groups excluding carboxylic acids is 1. The average molecular weight is 415 g/mol. The second-order valence-corrected chi connectivity index (χ2v) is 7.51. The van der Waals surface area contributed by atoms with Crippen LogP contribution in [0.1, 0.15) is 18.9 Å². The maximum absolute atomic E-state index is 12.3. The third-order valence-electron chi connectivity index (χ3n) is 3.84. The number of ether oxygens (including phenoxy) is 1. The predicted octanol–water partition coefficient (Wildman–Crippen LogP) is 5.40. The second-order valence-electron chi connectivity index (χ2n) is 5.72. The summed E-state index contributed by atoms with van der Waals surface area (Å²) in [7, 11) is 0. The van der Waals surface area contributed by atoms with E-state index in [0.717, 1.165) is 10.0 Å². The minimum atomic E-state index is -0.666. The van der Waals surface area contributed by atoms with E-state index >= 15 is 0 Å². The number of rotatable bonds is 3. The molecule has 2 unspecified atom stereocenters. The van der Waals surface area contributed by atoms with Crippen molar-refractivity contribution in [2.75, 3.05) is 5.32 Å². The number of hydrogen-bond acceptors (Lipinski definition) is 3. The van der Waals surface area contributed by atoms with Crippen LogP contribution in [0.3, 0.4) is 0 Å². The summed E-state index contributed by atoms with van der Waals surface area (Å²) in [6.07, 6.45) is 0.520. The molecule has 1 saturated heterocycles. The minimum absolute atomic E-state index is 0.288. The van der Waals surface area contributed by atoms with Gasteiger partial charge in [0.2, 0.25) is 0 Å². The van der Waals surface area contributed by atoms with Crippen molar-refractivity contribution >= 4 is 50.8 Å². The average Bonchev–Trinajstić information content (AvgIpc) is 2.73. The van der Waals surface area contributed by atoms with Crippen molar-refractivity contribution in [1.29, 1.82) is 0 Å². The van der Waals surface area contributed by atoms with Crippen LogP contribution in [-0.2, 0) is 15.1 Å². The molecule has 0 amide bonds. The largest absolute Gasteiger partial charge is 0.453 e. The van der Waals surface area contributed by atoms with Crippen molar-refractivity contribution in [2.24, 2.45) is 0 Å². The molecule has 2 atom stereocenters. The van der Waals surface area contributed by atoms with Crippen molar-refractivity contribution in [3.63, 3.8) is 0 Å². The number of halogens is 3. The number of anilines is 1. The molecule has 120 valence electrons. The van der Waals surface area contributed by atoms with Crippen LogP contribution >= 0.6 is 39.1 Å². The summed E-state index contributed by atoms with van der Waals surface area (Å²) in [4.78, 5) is 12.3. The molecule has 0 aromatic heterocycles. The molecule has 0 radical (unpaired) electrons. The molecule has 2 aromatic carbocycles. The van der Waals surface area contributed by atoms with Gasteiger partial charge in [-0.05, 0) is 42.8 Å². The van der Waals surface area contributed by atoms with E-state index in [-0.39, 0.29) is 5.97 Å². The summed E-state index contributed by atoms with van der Waals surface area (Å²) in [6, 6.07) is 12.4. The molecule has 1 aliphatic heterocycles. The molecule has 3 rings (SSSR count). The van der Waals surface area contributed by atoms with E-state index in [0.29, 0.717) is 22.2 Å². The molecule has 0 spiro atoms. The molecule has 1 N–H and O–H groups in total. The van der Waals surface area contributed by atoms with E-state index in [1.54, 1.807) is 18.2 Å². The van der Waals surface area contributed by atoms with Gasteiger partial charge in [-0.25, -0.2) is 4.79 Å². The molecule has 23 heavy (non-hydrogen) atoms.